The molecule has 3 aromatic carbocycles. The first-order valence-corrected chi connectivity index (χ1v) is 12.2. The van der Waals surface area contributed by atoms with E-state index in [9.17, 15) is 19.5 Å². The van der Waals surface area contributed by atoms with Crippen molar-refractivity contribution in [2.75, 3.05) is 18.6 Å². The summed E-state index contributed by atoms with van der Waals surface area (Å²) in [6, 6.07) is 18.9. The Labute approximate surface area is 221 Å². The van der Waals surface area contributed by atoms with Gasteiger partial charge in [0.25, 0.3) is 11.7 Å². The third-order valence-electron chi connectivity index (χ3n) is 6.03. The lowest BCUT2D eigenvalue weighted by Crippen LogP contribution is -2.29. The summed E-state index contributed by atoms with van der Waals surface area (Å²) in [5, 5.41) is 11.3. The van der Waals surface area contributed by atoms with Gasteiger partial charge in [0.15, 0.2) is 0 Å². The lowest BCUT2D eigenvalue weighted by Gasteiger charge is -2.25. The minimum Gasteiger partial charge on any atom is -0.507 e. The van der Waals surface area contributed by atoms with Gasteiger partial charge in [0.05, 0.1) is 37.0 Å². The summed E-state index contributed by atoms with van der Waals surface area (Å²) in [7, 11) is 1.54. The molecular weight excluding hydrogens is 486 g/mol. The van der Waals surface area contributed by atoms with E-state index in [-0.39, 0.29) is 24.0 Å². The average molecular weight is 516 g/mol. The molecule has 0 bridgehead atoms. The van der Waals surface area contributed by atoms with Gasteiger partial charge in [0.1, 0.15) is 17.3 Å². The number of carbonyl (C=O) groups excluding carboxylic acids is 3. The van der Waals surface area contributed by atoms with E-state index in [2.05, 4.69) is 0 Å². The van der Waals surface area contributed by atoms with Crippen LogP contribution < -0.4 is 14.4 Å². The zero-order valence-corrected chi connectivity index (χ0v) is 21.6. The van der Waals surface area contributed by atoms with Gasteiger partial charge >= 0.3 is 5.97 Å². The summed E-state index contributed by atoms with van der Waals surface area (Å²) in [4.78, 5) is 40.1. The number of carbonyl (C=O) groups is 3. The standard InChI is InChI=1S/C30H29NO7/c1-5-37-30(35)21-6-12-22(13-7-21)31-26(19-8-14-23(36-4)15-9-19)25(28(33)29(31)34)27(32)20-10-16-24(17-11-20)38-18(2)3/h6-18,26,32H,5H2,1-4H3/b27-25+. The number of rotatable bonds is 8. The van der Waals surface area contributed by atoms with Gasteiger partial charge in [0.2, 0.25) is 0 Å². The van der Waals surface area contributed by atoms with Crippen LogP contribution in [0.2, 0.25) is 0 Å². The zero-order valence-electron chi connectivity index (χ0n) is 21.6. The Hall–Kier alpha value is -4.59. The molecule has 0 aliphatic carbocycles. The first-order valence-electron chi connectivity index (χ1n) is 12.2. The molecule has 4 rings (SSSR count). The minimum atomic E-state index is -0.916. The van der Waals surface area contributed by atoms with Gasteiger partial charge in [-0.2, -0.15) is 0 Å². The number of aliphatic hydroxyl groups excluding tert-OH is 1. The normalized spacial score (nSPS) is 16.6. The molecule has 1 amide bonds. The number of methoxy groups -OCH3 is 1. The number of benzene rings is 3. The van der Waals surface area contributed by atoms with Crippen molar-refractivity contribution in [3.8, 4) is 11.5 Å². The lowest BCUT2D eigenvalue weighted by atomic mass is 9.95. The molecule has 0 aromatic heterocycles. The third kappa shape index (κ3) is 5.25. The zero-order chi connectivity index (χ0) is 27.4. The van der Waals surface area contributed by atoms with Gasteiger partial charge in [-0.05, 0) is 87.0 Å². The van der Waals surface area contributed by atoms with Crippen LogP contribution in [0.4, 0.5) is 5.69 Å². The van der Waals surface area contributed by atoms with Gasteiger partial charge in [-0.25, -0.2) is 4.79 Å². The maximum atomic E-state index is 13.4. The van der Waals surface area contributed by atoms with E-state index in [0.717, 1.165) is 0 Å². The smallest absolute Gasteiger partial charge is 0.338 e. The maximum absolute atomic E-state index is 13.4. The fourth-order valence-electron chi connectivity index (χ4n) is 4.29. The van der Waals surface area contributed by atoms with Crippen LogP contribution in [0, 0.1) is 0 Å². The second kappa shape index (κ2) is 11.2. The van der Waals surface area contributed by atoms with Crippen LogP contribution in [0.3, 0.4) is 0 Å². The van der Waals surface area contributed by atoms with Crippen LogP contribution in [0.15, 0.2) is 78.4 Å². The molecule has 1 N–H and O–H groups in total. The quantitative estimate of drug-likeness (QED) is 0.188. The largest absolute Gasteiger partial charge is 0.507 e. The SMILES string of the molecule is CCOC(=O)c1ccc(N2C(=O)C(=O)/C(=C(/O)c3ccc(OC(C)C)cc3)C2c2ccc(OC)cc2)cc1. The van der Waals surface area contributed by atoms with Crippen molar-refractivity contribution in [2.24, 2.45) is 0 Å². The molecule has 8 nitrogen and oxygen atoms in total. The Bertz CT molecular complexity index is 1360. The second-order valence-electron chi connectivity index (χ2n) is 8.90. The van der Waals surface area contributed by atoms with Crippen LogP contribution in [0.5, 0.6) is 11.5 Å². The highest BCUT2D eigenvalue weighted by Gasteiger charge is 2.47. The van der Waals surface area contributed by atoms with E-state index in [0.29, 0.717) is 33.9 Å². The molecule has 38 heavy (non-hydrogen) atoms. The number of ether oxygens (including phenoxy) is 3. The summed E-state index contributed by atoms with van der Waals surface area (Å²) in [6.07, 6.45) is -0.0231. The predicted octanol–water partition coefficient (Wildman–Crippen LogP) is 5.29. The summed E-state index contributed by atoms with van der Waals surface area (Å²) in [5.41, 5.74) is 1.63. The molecule has 1 unspecified atom stereocenters. The topological polar surface area (TPSA) is 102 Å². The van der Waals surface area contributed by atoms with Crippen LogP contribution in [0.25, 0.3) is 5.76 Å². The second-order valence-corrected chi connectivity index (χ2v) is 8.90. The highest BCUT2D eigenvalue weighted by atomic mass is 16.5. The number of ketones is 1. The highest BCUT2D eigenvalue weighted by molar-refractivity contribution is 6.51. The Kier molecular flexibility index (Phi) is 7.81. The van der Waals surface area contributed by atoms with Crippen molar-refractivity contribution in [2.45, 2.75) is 32.9 Å². The van der Waals surface area contributed by atoms with Gasteiger partial charge in [-0.15, -0.1) is 0 Å². The number of nitrogens with zero attached hydrogens (tertiary/aromatic N) is 1. The van der Waals surface area contributed by atoms with Crippen molar-refractivity contribution < 1.29 is 33.7 Å². The Morgan fingerprint density at radius 3 is 2.03 bits per heavy atom. The van der Waals surface area contributed by atoms with Crippen LogP contribution >= 0.6 is 0 Å². The van der Waals surface area contributed by atoms with Crippen LogP contribution in [0.1, 0.15) is 48.3 Å². The summed E-state index contributed by atoms with van der Waals surface area (Å²) >= 11 is 0. The first-order chi connectivity index (χ1) is 18.2. The van der Waals surface area contributed by atoms with E-state index in [1.807, 2.05) is 13.8 Å². The van der Waals surface area contributed by atoms with Crippen LogP contribution in [-0.4, -0.2) is 42.6 Å². The Morgan fingerprint density at radius 2 is 1.47 bits per heavy atom. The van der Waals surface area contributed by atoms with Crippen molar-refractivity contribution in [3.63, 3.8) is 0 Å². The molecule has 1 heterocycles. The maximum Gasteiger partial charge on any atom is 0.338 e. The molecule has 0 radical (unpaired) electrons. The number of hydrogen-bond donors (Lipinski definition) is 1. The van der Waals surface area contributed by atoms with Gasteiger partial charge in [0, 0.05) is 11.3 Å². The molecule has 1 atom stereocenters. The fraction of sp³-hybridized carbons (Fsp3) is 0.233. The number of anilines is 1. The summed E-state index contributed by atoms with van der Waals surface area (Å²) in [6.45, 7) is 5.76. The lowest BCUT2D eigenvalue weighted by molar-refractivity contribution is -0.132. The summed E-state index contributed by atoms with van der Waals surface area (Å²) in [5.74, 6) is -1.18. The van der Waals surface area contributed by atoms with Crippen molar-refractivity contribution >= 4 is 29.1 Å². The number of Topliss-reactive ketones (excluding diaryl/α,β-unsaturated/α-hetero) is 1. The fourth-order valence-corrected chi connectivity index (χ4v) is 4.29. The molecule has 8 heteroatoms. The Morgan fingerprint density at radius 1 is 0.895 bits per heavy atom. The molecule has 1 saturated heterocycles. The molecule has 0 spiro atoms. The Balaban J connectivity index is 1.81. The average Bonchev–Trinajstić information content (AvgIpc) is 3.18. The van der Waals surface area contributed by atoms with Gasteiger partial charge in [-0.1, -0.05) is 12.1 Å². The van der Waals surface area contributed by atoms with Crippen molar-refractivity contribution in [1.29, 1.82) is 0 Å². The number of amides is 1. The minimum absolute atomic E-state index is 0.0231. The monoisotopic (exact) mass is 515 g/mol. The van der Waals surface area contributed by atoms with E-state index in [1.54, 1.807) is 74.7 Å². The first kappa shape index (κ1) is 26.5. The highest BCUT2D eigenvalue weighted by Crippen LogP contribution is 2.42. The van der Waals surface area contributed by atoms with Gasteiger partial charge in [-0.3, -0.25) is 14.5 Å². The third-order valence-corrected chi connectivity index (χ3v) is 6.03. The van der Waals surface area contributed by atoms with E-state index in [1.165, 1.54) is 17.0 Å². The number of esters is 1. The molecule has 3 aromatic rings. The van der Waals surface area contributed by atoms with E-state index < -0.39 is 23.7 Å². The van der Waals surface area contributed by atoms with Crippen LogP contribution in [-0.2, 0) is 14.3 Å². The van der Waals surface area contributed by atoms with E-state index in [4.69, 9.17) is 14.2 Å². The van der Waals surface area contributed by atoms with Gasteiger partial charge < -0.3 is 19.3 Å². The number of hydrogen-bond acceptors (Lipinski definition) is 7. The predicted molar refractivity (Wildman–Crippen MR) is 142 cm³/mol. The molecule has 1 fully saturated rings. The molecule has 1 aliphatic rings. The molecule has 0 saturated carbocycles. The van der Waals surface area contributed by atoms with E-state index >= 15 is 0 Å². The van der Waals surface area contributed by atoms with Crippen molar-refractivity contribution in [3.05, 3.63) is 95.1 Å². The van der Waals surface area contributed by atoms with Crippen molar-refractivity contribution in [1.82, 2.24) is 0 Å². The molecule has 1 aliphatic heterocycles. The number of aliphatic hydroxyl groups is 1. The summed E-state index contributed by atoms with van der Waals surface area (Å²) < 4.78 is 16.0. The molecular formula is C30H29NO7. The molecule has 196 valence electrons.